The summed E-state index contributed by atoms with van der Waals surface area (Å²) in [7, 11) is 0. The SMILES string of the molecule is O=C(Cc1c[nH]c2ccccc12)Nc1ccc(C(=O)NCCNC(=O)C2CC2)cc1. The van der Waals surface area contributed by atoms with Gasteiger partial charge in [0.1, 0.15) is 0 Å². The van der Waals surface area contributed by atoms with Gasteiger partial charge in [0.15, 0.2) is 0 Å². The number of fused-ring (bicyclic) bond motifs is 1. The van der Waals surface area contributed by atoms with E-state index in [1.807, 2.05) is 30.5 Å². The summed E-state index contributed by atoms with van der Waals surface area (Å²) in [5.74, 6) is -0.105. The molecule has 1 fully saturated rings. The zero-order valence-corrected chi connectivity index (χ0v) is 16.5. The number of aromatic nitrogens is 1. The van der Waals surface area contributed by atoms with Crippen molar-refractivity contribution in [2.45, 2.75) is 19.3 Å². The maximum absolute atomic E-state index is 12.4. The molecule has 2 aromatic carbocycles. The minimum Gasteiger partial charge on any atom is -0.361 e. The maximum Gasteiger partial charge on any atom is 0.251 e. The molecule has 0 unspecified atom stereocenters. The number of amides is 3. The third-order valence-electron chi connectivity index (χ3n) is 5.11. The van der Waals surface area contributed by atoms with Gasteiger partial charge in [-0.2, -0.15) is 0 Å². The van der Waals surface area contributed by atoms with E-state index in [2.05, 4.69) is 20.9 Å². The number of carbonyl (C=O) groups is 3. The molecule has 0 radical (unpaired) electrons. The Hall–Kier alpha value is -3.61. The second-order valence-electron chi connectivity index (χ2n) is 7.48. The molecule has 154 valence electrons. The normalized spacial score (nSPS) is 13.1. The number of carbonyl (C=O) groups excluding carboxylic acids is 3. The molecule has 0 saturated heterocycles. The van der Waals surface area contributed by atoms with Gasteiger partial charge in [-0.05, 0) is 48.7 Å². The molecule has 3 aromatic rings. The number of rotatable bonds is 8. The fourth-order valence-corrected chi connectivity index (χ4v) is 3.31. The van der Waals surface area contributed by atoms with E-state index in [9.17, 15) is 14.4 Å². The predicted octanol–water partition coefficient (Wildman–Crippen LogP) is 2.61. The monoisotopic (exact) mass is 404 g/mol. The topological polar surface area (TPSA) is 103 Å². The molecule has 1 aliphatic rings. The highest BCUT2D eigenvalue weighted by Gasteiger charge is 2.29. The summed E-state index contributed by atoms with van der Waals surface area (Å²) in [6.07, 6.45) is 4.04. The molecule has 1 saturated carbocycles. The van der Waals surface area contributed by atoms with Crippen LogP contribution in [0.5, 0.6) is 0 Å². The summed E-state index contributed by atoms with van der Waals surface area (Å²) < 4.78 is 0. The van der Waals surface area contributed by atoms with E-state index < -0.39 is 0 Å². The van der Waals surface area contributed by atoms with E-state index in [1.54, 1.807) is 24.3 Å². The van der Waals surface area contributed by atoms with Crippen LogP contribution in [0.25, 0.3) is 10.9 Å². The van der Waals surface area contributed by atoms with E-state index in [4.69, 9.17) is 0 Å². The minimum atomic E-state index is -0.215. The Labute approximate surface area is 174 Å². The van der Waals surface area contributed by atoms with E-state index in [0.717, 1.165) is 29.3 Å². The Balaban J connectivity index is 1.25. The van der Waals surface area contributed by atoms with Crippen molar-refractivity contribution >= 4 is 34.3 Å². The highest BCUT2D eigenvalue weighted by atomic mass is 16.2. The number of nitrogens with one attached hydrogen (secondary N) is 4. The summed E-state index contributed by atoms with van der Waals surface area (Å²) in [5.41, 5.74) is 3.07. The van der Waals surface area contributed by atoms with Crippen molar-refractivity contribution in [3.8, 4) is 0 Å². The molecular formula is C23H24N4O3. The van der Waals surface area contributed by atoms with Gasteiger partial charge in [0, 0.05) is 47.4 Å². The van der Waals surface area contributed by atoms with Gasteiger partial charge in [-0.3, -0.25) is 14.4 Å². The van der Waals surface area contributed by atoms with Crippen LogP contribution in [0, 0.1) is 5.92 Å². The van der Waals surface area contributed by atoms with Crippen LogP contribution in [0.4, 0.5) is 5.69 Å². The Morgan fingerprint density at radius 3 is 2.43 bits per heavy atom. The first-order valence-corrected chi connectivity index (χ1v) is 10.1. The highest BCUT2D eigenvalue weighted by molar-refractivity contribution is 5.97. The molecule has 4 N–H and O–H groups in total. The van der Waals surface area contributed by atoms with Crippen molar-refractivity contribution in [1.29, 1.82) is 0 Å². The number of hydrogen-bond acceptors (Lipinski definition) is 3. The van der Waals surface area contributed by atoms with Gasteiger partial charge >= 0.3 is 0 Å². The molecule has 0 bridgehead atoms. The smallest absolute Gasteiger partial charge is 0.251 e. The van der Waals surface area contributed by atoms with Crippen molar-refractivity contribution in [3.63, 3.8) is 0 Å². The molecule has 1 aliphatic carbocycles. The standard InChI is InChI=1S/C23H24N4O3/c28-21(13-17-14-26-20-4-2-1-3-19(17)20)27-18-9-7-16(8-10-18)23(30)25-12-11-24-22(29)15-5-6-15/h1-4,7-10,14-15,26H,5-6,11-13H2,(H,24,29)(H,25,30)(H,27,28). The number of aromatic amines is 1. The van der Waals surface area contributed by atoms with Crippen LogP contribution in [0.3, 0.4) is 0 Å². The molecule has 0 aliphatic heterocycles. The first-order valence-electron chi connectivity index (χ1n) is 10.1. The molecule has 1 heterocycles. The first kappa shape index (κ1) is 19.7. The van der Waals surface area contributed by atoms with Crippen LogP contribution in [0.2, 0.25) is 0 Å². The van der Waals surface area contributed by atoms with E-state index in [0.29, 0.717) is 24.3 Å². The van der Waals surface area contributed by atoms with E-state index in [1.165, 1.54) is 0 Å². The summed E-state index contributed by atoms with van der Waals surface area (Å²) >= 11 is 0. The summed E-state index contributed by atoms with van der Waals surface area (Å²) in [6.45, 7) is 0.795. The van der Waals surface area contributed by atoms with Crippen molar-refractivity contribution in [2.24, 2.45) is 5.92 Å². The van der Waals surface area contributed by atoms with Crippen molar-refractivity contribution in [2.75, 3.05) is 18.4 Å². The number of para-hydroxylation sites is 1. The second-order valence-corrected chi connectivity index (χ2v) is 7.48. The fraction of sp³-hybridized carbons (Fsp3) is 0.261. The first-order chi connectivity index (χ1) is 14.6. The highest BCUT2D eigenvalue weighted by Crippen LogP contribution is 2.28. The van der Waals surface area contributed by atoms with Crippen LogP contribution >= 0.6 is 0 Å². The molecule has 4 rings (SSSR count). The maximum atomic E-state index is 12.4. The van der Waals surface area contributed by atoms with Crippen LogP contribution < -0.4 is 16.0 Å². The number of H-pyrrole nitrogens is 1. The third-order valence-corrected chi connectivity index (χ3v) is 5.11. The lowest BCUT2D eigenvalue weighted by Gasteiger charge is -2.08. The lowest BCUT2D eigenvalue weighted by molar-refractivity contribution is -0.122. The summed E-state index contributed by atoms with van der Waals surface area (Å²) in [4.78, 5) is 39.3. The predicted molar refractivity (Wildman–Crippen MR) is 115 cm³/mol. The van der Waals surface area contributed by atoms with Crippen LogP contribution in [-0.4, -0.2) is 35.8 Å². The third kappa shape index (κ3) is 4.86. The van der Waals surface area contributed by atoms with E-state index >= 15 is 0 Å². The van der Waals surface area contributed by atoms with Gasteiger partial charge in [0.2, 0.25) is 11.8 Å². The molecule has 3 amide bonds. The Morgan fingerprint density at radius 2 is 1.67 bits per heavy atom. The minimum absolute atomic E-state index is 0.0666. The van der Waals surface area contributed by atoms with Gasteiger partial charge in [0.25, 0.3) is 5.91 Å². The van der Waals surface area contributed by atoms with Gasteiger partial charge in [-0.1, -0.05) is 18.2 Å². The molecule has 30 heavy (non-hydrogen) atoms. The van der Waals surface area contributed by atoms with Crippen LogP contribution in [0.1, 0.15) is 28.8 Å². The van der Waals surface area contributed by atoms with Crippen LogP contribution in [-0.2, 0) is 16.0 Å². The summed E-state index contributed by atoms with van der Waals surface area (Å²) in [5, 5.41) is 9.48. The summed E-state index contributed by atoms with van der Waals surface area (Å²) in [6, 6.07) is 14.6. The van der Waals surface area contributed by atoms with Crippen LogP contribution in [0.15, 0.2) is 54.7 Å². The number of hydrogen-bond donors (Lipinski definition) is 4. The molecule has 0 spiro atoms. The molecule has 0 atom stereocenters. The molecule has 7 heteroatoms. The van der Waals surface area contributed by atoms with Gasteiger partial charge in [-0.25, -0.2) is 0 Å². The zero-order valence-electron chi connectivity index (χ0n) is 16.5. The van der Waals surface area contributed by atoms with Crippen molar-refractivity contribution < 1.29 is 14.4 Å². The van der Waals surface area contributed by atoms with Crippen molar-refractivity contribution in [1.82, 2.24) is 15.6 Å². The average molecular weight is 404 g/mol. The second kappa shape index (κ2) is 8.82. The quantitative estimate of drug-likeness (QED) is 0.434. The van der Waals surface area contributed by atoms with Crippen molar-refractivity contribution in [3.05, 3.63) is 65.9 Å². The molecule has 1 aromatic heterocycles. The Bertz CT molecular complexity index is 1070. The Morgan fingerprint density at radius 1 is 0.933 bits per heavy atom. The largest absolute Gasteiger partial charge is 0.361 e. The van der Waals surface area contributed by atoms with E-state index in [-0.39, 0.29) is 30.1 Å². The number of anilines is 1. The zero-order chi connectivity index (χ0) is 20.9. The number of benzene rings is 2. The van der Waals surface area contributed by atoms with Gasteiger partial charge in [-0.15, -0.1) is 0 Å². The molecule has 7 nitrogen and oxygen atoms in total. The van der Waals surface area contributed by atoms with Gasteiger partial charge < -0.3 is 20.9 Å². The molecular weight excluding hydrogens is 380 g/mol. The average Bonchev–Trinajstić information content (AvgIpc) is 3.54. The Kier molecular flexibility index (Phi) is 5.79. The lowest BCUT2D eigenvalue weighted by atomic mass is 10.1. The lowest BCUT2D eigenvalue weighted by Crippen LogP contribution is -2.35. The fourth-order valence-electron chi connectivity index (χ4n) is 3.31. The van der Waals surface area contributed by atoms with Gasteiger partial charge in [0.05, 0.1) is 6.42 Å².